The largest absolute Gasteiger partial charge is 0.481 e. The zero-order valence-corrected chi connectivity index (χ0v) is 23.5. The standard InChI is InChI=1S/C29H40N4O5/c1-19-14-23(32-16-20(2)37-21(3)17-32)9-10-24(19)30-22-8-11-25-26(15-22)36-18-27(34)33(25)13-12-31(7)28(35)38-29(4,5)6/h8-11,14-15,20-21,30H,12-13,16-18H2,1-7H3. The number of fused-ring (bicyclic) bond motifs is 1. The lowest BCUT2D eigenvalue weighted by molar-refractivity contribution is -0.121. The van der Waals surface area contributed by atoms with E-state index in [9.17, 15) is 9.59 Å². The maximum Gasteiger partial charge on any atom is 0.410 e. The number of anilines is 4. The van der Waals surface area contributed by atoms with E-state index in [1.165, 1.54) is 10.6 Å². The van der Waals surface area contributed by atoms with Crippen LogP contribution >= 0.6 is 0 Å². The molecule has 0 radical (unpaired) electrons. The van der Waals surface area contributed by atoms with Crippen molar-refractivity contribution >= 4 is 34.7 Å². The van der Waals surface area contributed by atoms with Crippen molar-refractivity contribution in [2.75, 3.05) is 55.0 Å². The van der Waals surface area contributed by atoms with Crippen molar-refractivity contribution < 1.29 is 23.8 Å². The zero-order valence-electron chi connectivity index (χ0n) is 23.5. The van der Waals surface area contributed by atoms with Crippen molar-refractivity contribution in [3.63, 3.8) is 0 Å². The molecule has 0 bridgehead atoms. The molecule has 1 N–H and O–H groups in total. The van der Waals surface area contributed by atoms with Gasteiger partial charge in [-0.3, -0.25) is 4.79 Å². The van der Waals surface area contributed by atoms with Gasteiger partial charge in [0.25, 0.3) is 5.91 Å². The number of likely N-dealkylation sites (N-methyl/N-ethyl adjacent to an activating group) is 1. The molecule has 9 heteroatoms. The smallest absolute Gasteiger partial charge is 0.410 e. The number of benzene rings is 2. The lowest BCUT2D eigenvalue weighted by Crippen LogP contribution is -2.45. The predicted molar refractivity (Wildman–Crippen MR) is 150 cm³/mol. The first kappa shape index (κ1) is 27.6. The number of amides is 2. The molecule has 2 aliphatic heterocycles. The number of ether oxygens (including phenoxy) is 3. The molecule has 2 atom stereocenters. The van der Waals surface area contributed by atoms with E-state index in [1.54, 1.807) is 11.9 Å². The predicted octanol–water partition coefficient (Wildman–Crippen LogP) is 4.94. The molecule has 0 saturated carbocycles. The van der Waals surface area contributed by atoms with Gasteiger partial charge >= 0.3 is 6.09 Å². The number of nitrogens with one attached hydrogen (secondary N) is 1. The van der Waals surface area contributed by atoms with Crippen LogP contribution in [0.15, 0.2) is 36.4 Å². The molecule has 2 amide bonds. The van der Waals surface area contributed by atoms with E-state index in [0.29, 0.717) is 24.5 Å². The Labute approximate surface area is 225 Å². The Morgan fingerprint density at radius 1 is 1.13 bits per heavy atom. The van der Waals surface area contributed by atoms with Gasteiger partial charge < -0.3 is 34.2 Å². The summed E-state index contributed by atoms with van der Waals surface area (Å²) in [4.78, 5) is 30.4. The third kappa shape index (κ3) is 6.69. The van der Waals surface area contributed by atoms with Crippen molar-refractivity contribution in [2.45, 2.75) is 59.4 Å². The van der Waals surface area contributed by atoms with Crippen LogP contribution in [0.1, 0.15) is 40.2 Å². The summed E-state index contributed by atoms with van der Waals surface area (Å²) in [6, 6.07) is 12.1. The summed E-state index contributed by atoms with van der Waals surface area (Å²) in [6.07, 6.45) is -0.00923. The molecule has 9 nitrogen and oxygen atoms in total. The number of hydrogen-bond acceptors (Lipinski definition) is 7. The van der Waals surface area contributed by atoms with E-state index in [-0.39, 0.29) is 24.7 Å². The van der Waals surface area contributed by atoms with Crippen LogP contribution < -0.4 is 19.9 Å². The van der Waals surface area contributed by atoms with Crippen LogP contribution in [0.5, 0.6) is 5.75 Å². The highest BCUT2D eigenvalue weighted by Crippen LogP contribution is 2.36. The topological polar surface area (TPSA) is 83.6 Å². The summed E-state index contributed by atoms with van der Waals surface area (Å²) in [6.45, 7) is 14.2. The van der Waals surface area contributed by atoms with Gasteiger partial charge in [0.2, 0.25) is 0 Å². The second-order valence-electron chi connectivity index (χ2n) is 11.2. The highest BCUT2D eigenvalue weighted by Gasteiger charge is 2.27. The van der Waals surface area contributed by atoms with E-state index in [4.69, 9.17) is 14.2 Å². The second kappa shape index (κ2) is 11.1. The molecule has 1 fully saturated rings. The normalized spacial score (nSPS) is 19.5. The Morgan fingerprint density at radius 2 is 1.84 bits per heavy atom. The van der Waals surface area contributed by atoms with Gasteiger partial charge in [-0.05, 0) is 77.4 Å². The molecular formula is C29H40N4O5. The molecule has 206 valence electrons. The van der Waals surface area contributed by atoms with Crippen molar-refractivity contribution in [3.8, 4) is 5.75 Å². The fourth-order valence-corrected chi connectivity index (χ4v) is 4.74. The fourth-order valence-electron chi connectivity index (χ4n) is 4.74. The molecule has 0 spiro atoms. The third-order valence-electron chi connectivity index (χ3n) is 6.54. The van der Waals surface area contributed by atoms with Crippen molar-refractivity contribution in [3.05, 3.63) is 42.0 Å². The van der Waals surface area contributed by atoms with Gasteiger partial charge in [0.15, 0.2) is 6.61 Å². The molecule has 4 rings (SSSR count). The quantitative estimate of drug-likeness (QED) is 0.573. The van der Waals surface area contributed by atoms with Crippen LogP contribution in [-0.2, 0) is 14.3 Å². The minimum atomic E-state index is -0.575. The molecule has 0 aromatic heterocycles. The van der Waals surface area contributed by atoms with Crippen molar-refractivity contribution in [1.82, 2.24) is 4.90 Å². The Hall–Kier alpha value is -3.46. The highest BCUT2D eigenvalue weighted by molar-refractivity contribution is 5.98. The fraction of sp³-hybridized carbons (Fsp3) is 0.517. The summed E-state index contributed by atoms with van der Waals surface area (Å²) in [5.74, 6) is 0.481. The minimum absolute atomic E-state index is 0.0449. The maximum absolute atomic E-state index is 12.6. The van der Waals surface area contributed by atoms with Gasteiger partial charge in [0.05, 0.1) is 17.9 Å². The average molecular weight is 525 g/mol. The van der Waals surface area contributed by atoms with E-state index in [1.807, 2.05) is 39.0 Å². The zero-order chi connectivity index (χ0) is 27.6. The van der Waals surface area contributed by atoms with Crippen LogP contribution in [0.3, 0.4) is 0 Å². The van der Waals surface area contributed by atoms with E-state index >= 15 is 0 Å². The second-order valence-corrected chi connectivity index (χ2v) is 11.2. The van der Waals surface area contributed by atoms with Gasteiger partial charge in [-0.25, -0.2) is 4.79 Å². The van der Waals surface area contributed by atoms with Crippen molar-refractivity contribution in [2.24, 2.45) is 0 Å². The number of hydrogen-bond donors (Lipinski definition) is 1. The Balaban J connectivity index is 1.43. The summed E-state index contributed by atoms with van der Waals surface area (Å²) in [5, 5.41) is 3.49. The van der Waals surface area contributed by atoms with Gasteiger partial charge in [-0.15, -0.1) is 0 Å². The van der Waals surface area contributed by atoms with Crippen LogP contribution in [0, 0.1) is 6.92 Å². The Bertz CT molecular complexity index is 1170. The number of nitrogens with zero attached hydrogens (tertiary/aromatic N) is 3. The molecule has 2 aromatic rings. The number of rotatable bonds is 6. The van der Waals surface area contributed by atoms with Gasteiger partial charge in [0, 0.05) is 56.4 Å². The van der Waals surface area contributed by atoms with Crippen LogP contribution in [0.4, 0.5) is 27.5 Å². The summed E-state index contributed by atoms with van der Waals surface area (Å²) in [5.41, 5.74) is 4.31. The molecular weight excluding hydrogens is 484 g/mol. The monoisotopic (exact) mass is 524 g/mol. The Kier molecular flexibility index (Phi) is 8.06. The molecule has 38 heavy (non-hydrogen) atoms. The minimum Gasteiger partial charge on any atom is -0.481 e. The molecule has 2 unspecified atom stereocenters. The average Bonchev–Trinajstić information content (AvgIpc) is 2.83. The van der Waals surface area contributed by atoms with Crippen LogP contribution in [0.25, 0.3) is 0 Å². The summed E-state index contributed by atoms with van der Waals surface area (Å²) >= 11 is 0. The first-order valence-corrected chi connectivity index (χ1v) is 13.2. The number of carbonyl (C=O) groups is 2. The van der Waals surface area contributed by atoms with Gasteiger partial charge in [0.1, 0.15) is 11.4 Å². The van der Waals surface area contributed by atoms with E-state index < -0.39 is 11.7 Å². The first-order valence-electron chi connectivity index (χ1n) is 13.2. The number of morpholine rings is 1. The summed E-state index contributed by atoms with van der Waals surface area (Å²) in [7, 11) is 1.67. The van der Waals surface area contributed by atoms with E-state index in [2.05, 4.69) is 49.2 Å². The van der Waals surface area contributed by atoms with Gasteiger partial charge in [-0.1, -0.05) is 0 Å². The van der Waals surface area contributed by atoms with E-state index in [0.717, 1.165) is 30.0 Å². The molecule has 1 saturated heterocycles. The lowest BCUT2D eigenvalue weighted by Gasteiger charge is -2.37. The van der Waals surface area contributed by atoms with Crippen LogP contribution in [-0.4, -0.2) is 74.5 Å². The molecule has 2 aliphatic rings. The third-order valence-corrected chi connectivity index (χ3v) is 6.54. The number of aryl methyl sites for hydroxylation is 1. The number of carbonyl (C=O) groups excluding carboxylic acids is 2. The molecule has 2 heterocycles. The maximum atomic E-state index is 12.6. The van der Waals surface area contributed by atoms with Crippen molar-refractivity contribution in [1.29, 1.82) is 0 Å². The van der Waals surface area contributed by atoms with Gasteiger partial charge in [-0.2, -0.15) is 0 Å². The Morgan fingerprint density at radius 3 is 2.50 bits per heavy atom. The molecule has 2 aromatic carbocycles. The lowest BCUT2D eigenvalue weighted by atomic mass is 10.1. The first-order chi connectivity index (χ1) is 17.9. The highest BCUT2D eigenvalue weighted by atomic mass is 16.6. The summed E-state index contributed by atoms with van der Waals surface area (Å²) < 4.78 is 17.0. The SMILES string of the molecule is Cc1cc(N2CC(C)OC(C)C2)ccc1Nc1ccc2c(c1)OCC(=O)N2CCN(C)C(=O)OC(C)(C)C. The molecule has 0 aliphatic carbocycles. The van der Waals surface area contributed by atoms with Crippen LogP contribution in [0.2, 0.25) is 0 Å².